The third-order valence-electron chi connectivity index (χ3n) is 3.78. The van der Waals surface area contributed by atoms with E-state index in [1.54, 1.807) is 5.32 Å². The molecule has 3 nitrogen and oxygen atoms in total. The number of halogens is 8. The van der Waals surface area contributed by atoms with Crippen LogP contribution in [0.3, 0.4) is 0 Å². The number of carbonyl (C=O) groups excluding carboxylic acids is 1. The van der Waals surface area contributed by atoms with Crippen molar-refractivity contribution in [1.82, 2.24) is 5.32 Å². The number of rotatable bonds is 4. The Labute approximate surface area is 159 Å². The van der Waals surface area contributed by atoms with Gasteiger partial charge < -0.3 is 10.6 Å². The van der Waals surface area contributed by atoms with E-state index in [1.165, 1.54) is 18.2 Å². The Morgan fingerprint density at radius 1 is 0.929 bits per heavy atom. The number of hydrogen-bond acceptors (Lipinski definition) is 1. The number of anilines is 1. The second-order valence-corrected chi connectivity index (χ2v) is 6.18. The standard InChI is InChI=1S/C17H12ClF7N2O/c18-12-8-11(6-7-13(12)19)26-14(28)27-15(16(20,21)22,17(23,24)25)9-10-4-2-1-3-5-10/h1-8H,9H2,(H2,26,27,28). The van der Waals surface area contributed by atoms with Gasteiger partial charge in [-0.3, -0.25) is 0 Å². The van der Waals surface area contributed by atoms with Crippen LogP contribution in [-0.4, -0.2) is 23.9 Å². The van der Waals surface area contributed by atoms with Gasteiger partial charge in [0, 0.05) is 12.1 Å². The number of carbonyl (C=O) groups is 1. The molecule has 0 aliphatic carbocycles. The molecule has 2 amide bonds. The maximum atomic E-state index is 13.5. The molecule has 0 aliphatic rings. The van der Waals surface area contributed by atoms with Gasteiger partial charge in [0.25, 0.3) is 0 Å². The van der Waals surface area contributed by atoms with Crippen LogP contribution in [0.15, 0.2) is 48.5 Å². The van der Waals surface area contributed by atoms with Gasteiger partial charge in [0.2, 0.25) is 5.54 Å². The second-order valence-electron chi connectivity index (χ2n) is 5.77. The predicted molar refractivity (Wildman–Crippen MR) is 88.6 cm³/mol. The van der Waals surface area contributed by atoms with Crippen molar-refractivity contribution < 1.29 is 35.5 Å². The van der Waals surface area contributed by atoms with Gasteiger partial charge >= 0.3 is 18.4 Å². The highest BCUT2D eigenvalue weighted by atomic mass is 35.5. The molecule has 0 aromatic heterocycles. The molecule has 0 atom stereocenters. The Balaban J connectivity index is 2.37. The molecule has 0 bridgehead atoms. The number of urea groups is 1. The van der Waals surface area contributed by atoms with Gasteiger partial charge in [0.05, 0.1) is 5.02 Å². The Hall–Kier alpha value is -2.49. The van der Waals surface area contributed by atoms with Crippen molar-refractivity contribution in [3.8, 4) is 0 Å². The molecule has 0 heterocycles. The largest absolute Gasteiger partial charge is 0.420 e. The number of hydrogen-bond donors (Lipinski definition) is 2. The van der Waals surface area contributed by atoms with Crippen LogP contribution in [0.4, 0.5) is 41.2 Å². The zero-order chi connectivity index (χ0) is 21.2. The molecule has 2 aromatic rings. The summed E-state index contributed by atoms with van der Waals surface area (Å²) in [5.74, 6) is -0.878. The molecule has 0 saturated carbocycles. The van der Waals surface area contributed by atoms with Crippen LogP contribution in [0.2, 0.25) is 5.02 Å². The van der Waals surface area contributed by atoms with Crippen molar-refractivity contribution in [2.24, 2.45) is 0 Å². The molecule has 28 heavy (non-hydrogen) atoms. The fourth-order valence-electron chi connectivity index (χ4n) is 2.38. The van der Waals surface area contributed by atoms with Gasteiger partial charge in [-0.2, -0.15) is 26.3 Å². The molecule has 0 spiro atoms. The molecule has 0 unspecified atom stereocenters. The topological polar surface area (TPSA) is 41.1 Å². The first-order valence-electron chi connectivity index (χ1n) is 7.57. The maximum absolute atomic E-state index is 13.5. The molecule has 2 aromatic carbocycles. The normalized spacial score (nSPS) is 12.6. The fraction of sp³-hybridized carbons (Fsp3) is 0.235. The van der Waals surface area contributed by atoms with Crippen molar-refractivity contribution in [2.75, 3.05) is 5.32 Å². The average molecular weight is 429 g/mol. The molecular formula is C17H12ClF7N2O. The maximum Gasteiger partial charge on any atom is 0.420 e. The molecule has 2 rings (SSSR count). The van der Waals surface area contributed by atoms with Gasteiger partial charge in [-0.15, -0.1) is 0 Å². The highest BCUT2D eigenvalue weighted by Gasteiger charge is 2.71. The van der Waals surface area contributed by atoms with Gasteiger partial charge in [0.15, 0.2) is 0 Å². The number of alkyl halides is 6. The summed E-state index contributed by atoms with van der Waals surface area (Å²) in [7, 11) is 0. The quantitative estimate of drug-likeness (QED) is 0.602. The third kappa shape index (κ3) is 4.67. The lowest BCUT2D eigenvalue weighted by atomic mass is 9.89. The first-order chi connectivity index (χ1) is 12.9. The first kappa shape index (κ1) is 21.8. The van der Waals surface area contributed by atoms with E-state index >= 15 is 0 Å². The SMILES string of the molecule is O=C(Nc1ccc(F)c(Cl)c1)NC(Cc1ccccc1)(C(F)(F)F)C(F)(F)F. The molecule has 152 valence electrons. The van der Waals surface area contributed by atoms with Crippen molar-refractivity contribution in [2.45, 2.75) is 24.3 Å². The summed E-state index contributed by atoms with van der Waals surface area (Å²) in [5.41, 5.74) is -5.13. The van der Waals surface area contributed by atoms with Gasteiger partial charge in [-0.25, -0.2) is 9.18 Å². The summed E-state index contributed by atoms with van der Waals surface area (Å²) >= 11 is 5.48. The Morgan fingerprint density at radius 3 is 2.00 bits per heavy atom. The van der Waals surface area contributed by atoms with Crippen LogP contribution in [0, 0.1) is 5.82 Å². The number of amides is 2. The van der Waals surface area contributed by atoms with Gasteiger partial charge in [-0.05, 0) is 23.8 Å². The van der Waals surface area contributed by atoms with E-state index in [9.17, 15) is 35.5 Å². The summed E-state index contributed by atoms with van der Waals surface area (Å²) in [6, 6.07) is 6.90. The minimum absolute atomic E-state index is 0.290. The molecule has 2 N–H and O–H groups in total. The van der Waals surface area contributed by atoms with E-state index in [2.05, 4.69) is 0 Å². The minimum atomic E-state index is -5.86. The highest BCUT2D eigenvalue weighted by molar-refractivity contribution is 6.31. The summed E-state index contributed by atoms with van der Waals surface area (Å²) in [4.78, 5) is 11.9. The zero-order valence-electron chi connectivity index (χ0n) is 13.8. The zero-order valence-corrected chi connectivity index (χ0v) is 14.5. The molecule has 0 aliphatic heterocycles. The van der Waals surface area contributed by atoms with Crippen molar-refractivity contribution in [3.05, 3.63) is 64.9 Å². The minimum Gasteiger partial charge on any atom is -0.316 e. The van der Waals surface area contributed by atoms with Gasteiger partial charge in [0.1, 0.15) is 5.82 Å². The Bertz CT molecular complexity index is 824. The average Bonchev–Trinajstić information content (AvgIpc) is 2.56. The third-order valence-corrected chi connectivity index (χ3v) is 4.07. The lowest BCUT2D eigenvalue weighted by molar-refractivity contribution is -0.303. The van der Waals surface area contributed by atoms with Crippen LogP contribution in [0.1, 0.15) is 5.56 Å². The second kappa shape index (κ2) is 7.86. The van der Waals surface area contributed by atoms with Crippen LogP contribution in [-0.2, 0) is 6.42 Å². The van der Waals surface area contributed by atoms with Crippen molar-refractivity contribution in [1.29, 1.82) is 0 Å². The van der Waals surface area contributed by atoms with E-state index in [0.717, 1.165) is 35.6 Å². The summed E-state index contributed by atoms with van der Waals surface area (Å²) < 4.78 is 94.3. The van der Waals surface area contributed by atoms with Gasteiger partial charge in [-0.1, -0.05) is 41.9 Å². The Morgan fingerprint density at radius 2 is 1.50 bits per heavy atom. The smallest absolute Gasteiger partial charge is 0.316 e. The van der Waals surface area contributed by atoms with E-state index in [0.29, 0.717) is 0 Å². The van der Waals surface area contributed by atoms with Crippen LogP contribution >= 0.6 is 11.6 Å². The molecular weight excluding hydrogens is 417 g/mol. The van der Waals surface area contributed by atoms with E-state index < -0.39 is 41.2 Å². The van der Waals surface area contributed by atoms with Crippen LogP contribution < -0.4 is 10.6 Å². The van der Waals surface area contributed by atoms with E-state index in [-0.39, 0.29) is 11.3 Å². The first-order valence-corrected chi connectivity index (χ1v) is 7.95. The molecule has 11 heteroatoms. The summed E-state index contributed by atoms with van der Waals surface area (Å²) in [6.07, 6.45) is -13.3. The molecule has 0 saturated heterocycles. The lowest BCUT2D eigenvalue weighted by Crippen LogP contribution is -2.69. The van der Waals surface area contributed by atoms with Crippen molar-refractivity contribution in [3.63, 3.8) is 0 Å². The lowest BCUT2D eigenvalue weighted by Gasteiger charge is -2.38. The van der Waals surface area contributed by atoms with E-state index in [1.807, 2.05) is 0 Å². The highest BCUT2D eigenvalue weighted by Crippen LogP contribution is 2.45. The van der Waals surface area contributed by atoms with Crippen molar-refractivity contribution >= 4 is 23.3 Å². The Kier molecular flexibility index (Phi) is 6.12. The van der Waals surface area contributed by atoms with E-state index in [4.69, 9.17) is 11.6 Å². The fourth-order valence-corrected chi connectivity index (χ4v) is 2.56. The van der Waals surface area contributed by atoms with Crippen LogP contribution in [0.25, 0.3) is 0 Å². The monoisotopic (exact) mass is 428 g/mol. The number of benzene rings is 2. The summed E-state index contributed by atoms with van der Waals surface area (Å²) in [6.45, 7) is 0. The molecule has 0 fully saturated rings. The van der Waals surface area contributed by atoms with Crippen LogP contribution in [0.5, 0.6) is 0 Å². The predicted octanol–water partition coefficient (Wildman–Crippen LogP) is 5.71. The number of nitrogens with one attached hydrogen (secondary N) is 2. The summed E-state index contributed by atoms with van der Waals surface area (Å²) in [5, 5.41) is 2.33. The molecule has 0 radical (unpaired) electrons.